The first-order chi connectivity index (χ1) is 16.9. The van der Waals surface area contributed by atoms with Crippen molar-refractivity contribution < 1.29 is 14.3 Å². The zero-order chi connectivity index (χ0) is 24.8. The van der Waals surface area contributed by atoms with Gasteiger partial charge in [0.1, 0.15) is 11.9 Å². The van der Waals surface area contributed by atoms with Gasteiger partial charge in [-0.05, 0) is 62.5 Å². The summed E-state index contributed by atoms with van der Waals surface area (Å²) in [5.41, 5.74) is 2.11. The summed E-state index contributed by atoms with van der Waals surface area (Å²) in [6.07, 6.45) is 1.28. The molecule has 0 radical (unpaired) electrons. The fourth-order valence-electron chi connectivity index (χ4n) is 5.09. The fraction of sp³-hybridized carbons (Fsp3) is 0.481. The quantitative estimate of drug-likeness (QED) is 0.665. The normalized spacial score (nSPS) is 20.3. The number of piperazine rings is 1. The van der Waals surface area contributed by atoms with E-state index in [1.165, 1.54) is 11.6 Å². The van der Waals surface area contributed by atoms with Crippen molar-refractivity contribution >= 4 is 11.7 Å². The van der Waals surface area contributed by atoms with E-state index in [-0.39, 0.29) is 30.1 Å². The van der Waals surface area contributed by atoms with Gasteiger partial charge in [-0.3, -0.25) is 4.90 Å². The highest BCUT2D eigenvalue weighted by atomic mass is 19.1. The number of aliphatic hydroxyl groups excluding tert-OH is 1. The van der Waals surface area contributed by atoms with Crippen molar-refractivity contribution in [3.63, 3.8) is 0 Å². The van der Waals surface area contributed by atoms with Crippen LogP contribution in [-0.2, 0) is 6.54 Å². The predicted octanol–water partition coefficient (Wildman–Crippen LogP) is 3.19. The molecule has 0 spiro atoms. The first kappa shape index (κ1) is 25.0. The molecule has 2 saturated heterocycles. The second-order valence-electron chi connectivity index (χ2n) is 9.62. The van der Waals surface area contributed by atoms with Crippen LogP contribution in [0, 0.1) is 23.1 Å². The molecule has 2 N–H and O–H groups in total. The van der Waals surface area contributed by atoms with Crippen molar-refractivity contribution in [1.82, 2.24) is 15.1 Å². The zero-order valence-corrected chi connectivity index (χ0v) is 20.2. The molecule has 0 aromatic heterocycles. The van der Waals surface area contributed by atoms with E-state index in [2.05, 4.69) is 39.4 Å². The lowest BCUT2D eigenvalue weighted by Gasteiger charge is -2.41. The number of aliphatic hydroxyl groups is 1. The molecular formula is C27H34FN5O2. The molecule has 0 aliphatic carbocycles. The van der Waals surface area contributed by atoms with Gasteiger partial charge in [0.25, 0.3) is 0 Å². The second-order valence-corrected chi connectivity index (χ2v) is 9.62. The highest BCUT2D eigenvalue weighted by molar-refractivity contribution is 5.75. The highest BCUT2D eigenvalue weighted by Crippen LogP contribution is 2.23. The summed E-state index contributed by atoms with van der Waals surface area (Å²) in [7, 11) is 0. The smallest absolute Gasteiger partial charge is 0.317 e. The number of carbonyl (C=O) groups is 1. The third kappa shape index (κ3) is 6.30. The van der Waals surface area contributed by atoms with Crippen LogP contribution in [0.5, 0.6) is 0 Å². The molecule has 35 heavy (non-hydrogen) atoms. The standard InChI is InChI=1S/C27H34FN5O2/c1-20-18-32(24-7-8-25(28)23(15-24)16-29)13-14-33(20)27(35)30-17-26(34)22-9-11-31(12-10-22)19-21-5-3-2-4-6-21/h2-8,15,20,22,26,34H,9-14,17-19H2,1H3,(H,30,35)/t20-,26-/m1/s1. The molecule has 0 unspecified atom stereocenters. The molecule has 2 aromatic rings. The summed E-state index contributed by atoms with van der Waals surface area (Å²) in [6.45, 7) is 6.74. The lowest BCUT2D eigenvalue weighted by molar-refractivity contribution is 0.0570. The first-order valence-electron chi connectivity index (χ1n) is 12.4. The molecule has 7 nitrogen and oxygen atoms in total. The Balaban J connectivity index is 1.21. The van der Waals surface area contributed by atoms with Crippen LogP contribution < -0.4 is 10.2 Å². The summed E-state index contributed by atoms with van der Waals surface area (Å²) < 4.78 is 13.6. The number of nitriles is 1. The fourth-order valence-corrected chi connectivity index (χ4v) is 5.09. The van der Waals surface area contributed by atoms with Gasteiger partial charge in [0.05, 0.1) is 11.7 Å². The van der Waals surface area contributed by atoms with E-state index in [1.54, 1.807) is 17.0 Å². The lowest BCUT2D eigenvalue weighted by Crippen LogP contribution is -2.57. The number of hydrogen-bond donors (Lipinski definition) is 2. The Morgan fingerprint density at radius 2 is 1.91 bits per heavy atom. The lowest BCUT2D eigenvalue weighted by atomic mass is 9.91. The number of benzene rings is 2. The number of anilines is 1. The SMILES string of the molecule is C[C@@H]1CN(c2ccc(F)c(C#N)c2)CCN1C(=O)NC[C@@H](O)C1CCN(Cc2ccccc2)CC1. The summed E-state index contributed by atoms with van der Waals surface area (Å²) in [5, 5.41) is 22.7. The van der Waals surface area contributed by atoms with E-state index >= 15 is 0 Å². The molecule has 2 aliphatic rings. The van der Waals surface area contributed by atoms with Gasteiger partial charge in [0, 0.05) is 44.5 Å². The van der Waals surface area contributed by atoms with Crippen LogP contribution in [0.2, 0.25) is 0 Å². The van der Waals surface area contributed by atoms with Gasteiger partial charge >= 0.3 is 6.03 Å². The Bertz CT molecular complexity index is 1040. The van der Waals surface area contributed by atoms with Crippen molar-refractivity contribution in [2.75, 3.05) is 44.2 Å². The Hall–Kier alpha value is -3.15. The van der Waals surface area contributed by atoms with Gasteiger partial charge in [-0.2, -0.15) is 5.26 Å². The minimum atomic E-state index is -0.557. The molecule has 2 aliphatic heterocycles. The van der Waals surface area contributed by atoms with E-state index in [1.807, 2.05) is 19.1 Å². The molecule has 186 valence electrons. The predicted molar refractivity (Wildman–Crippen MR) is 133 cm³/mol. The van der Waals surface area contributed by atoms with Crippen LogP contribution in [0.4, 0.5) is 14.9 Å². The van der Waals surface area contributed by atoms with Gasteiger partial charge in [-0.15, -0.1) is 0 Å². The second kappa shape index (κ2) is 11.5. The van der Waals surface area contributed by atoms with E-state index in [4.69, 9.17) is 5.26 Å². The molecule has 2 heterocycles. The van der Waals surface area contributed by atoms with Crippen molar-refractivity contribution in [3.05, 3.63) is 65.5 Å². The Labute approximate surface area is 206 Å². The van der Waals surface area contributed by atoms with Gasteiger partial charge in [-0.1, -0.05) is 30.3 Å². The number of rotatable bonds is 6. The topological polar surface area (TPSA) is 82.8 Å². The summed E-state index contributed by atoms with van der Waals surface area (Å²) in [4.78, 5) is 19.1. The van der Waals surface area contributed by atoms with Gasteiger partial charge in [-0.25, -0.2) is 9.18 Å². The maximum atomic E-state index is 13.6. The number of halogens is 1. The van der Waals surface area contributed by atoms with Crippen molar-refractivity contribution in [2.45, 2.75) is 38.5 Å². The minimum absolute atomic E-state index is 0.0233. The summed E-state index contributed by atoms with van der Waals surface area (Å²) in [5.74, 6) is -0.341. The number of nitrogens with zero attached hydrogens (tertiary/aromatic N) is 4. The van der Waals surface area contributed by atoms with E-state index in [9.17, 15) is 14.3 Å². The van der Waals surface area contributed by atoms with Gasteiger partial charge in [0.15, 0.2) is 0 Å². The monoisotopic (exact) mass is 479 g/mol. The summed E-state index contributed by atoms with van der Waals surface area (Å²) in [6, 6.07) is 16.6. The van der Waals surface area contributed by atoms with Crippen LogP contribution in [0.25, 0.3) is 0 Å². The van der Waals surface area contributed by atoms with Crippen LogP contribution >= 0.6 is 0 Å². The van der Waals surface area contributed by atoms with Gasteiger partial charge < -0.3 is 20.2 Å². The van der Waals surface area contributed by atoms with Crippen molar-refractivity contribution in [3.8, 4) is 6.07 Å². The van der Waals surface area contributed by atoms with Crippen molar-refractivity contribution in [1.29, 1.82) is 5.26 Å². The third-order valence-electron chi connectivity index (χ3n) is 7.21. The summed E-state index contributed by atoms with van der Waals surface area (Å²) >= 11 is 0. The molecule has 2 fully saturated rings. The van der Waals surface area contributed by atoms with E-state index in [0.29, 0.717) is 19.6 Å². The number of nitrogens with one attached hydrogen (secondary N) is 1. The van der Waals surface area contributed by atoms with Crippen LogP contribution in [0.1, 0.15) is 30.9 Å². The number of urea groups is 1. The molecule has 0 saturated carbocycles. The molecule has 2 amide bonds. The minimum Gasteiger partial charge on any atom is -0.391 e. The zero-order valence-electron chi connectivity index (χ0n) is 20.2. The Morgan fingerprint density at radius 3 is 2.60 bits per heavy atom. The molecule has 2 aromatic carbocycles. The number of likely N-dealkylation sites (tertiary alicyclic amines) is 1. The average molecular weight is 480 g/mol. The maximum absolute atomic E-state index is 13.6. The van der Waals surface area contributed by atoms with Crippen LogP contribution in [0.15, 0.2) is 48.5 Å². The van der Waals surface area contributed by atoms with Crippen LogP contribution in [-0.4, -0.2) is 72.4 Å². The number of hydrogen-bond acceptors (Lipinski definition) is 5. The molecule has 0 bridgehead atoms. The van der Waals surface area contributed by atoms with E-state index < -0.39 is 11.9 Å². The third-order valence-corrected chi connectivity index (χ3v) is 7.21. The number of amides is 2. The molecule has 2 atom stereocenters. The number of piperidine rings is 1. The Morgan fingerprint density at radius 1 is 1.17 bits per heavy atom. The van der Waals surface area contributed by atoms with Gasteiger partial charge in [0.2, 0.25) is 0 Å². The molecule has 4 rings (SSSR count). The van der Waals surface area contributed by atoms with Crippen LogP contribution in [0.3, 0.4) is 0 Å². The molecular weight excluding hydrogens is 445 g/mol. The molecule has 8 heteroatoms. The Kier molecular flexibility index (Phi) is 8.21. The average Bonchev–Trinajstić information content (AvgIpc) is 2.88. The maximum Gasteiger partial charge on any atom is 0.317 e. The van der Waals surface area contributed by atoms with E-state index in [0.717, 1.165) is 38.2 Å². The van der Waals surface area contributed by atoms with Crippen molar-refractivity contribution in [2.24, 2.45) is 5.92 Å². The number of carbonyl (C=O) groups excluding carboxylic acids is 1. The largest absolute Gasteiger partial charge is 0.391 e. The highest BCUT2D eigenvalue weighted by Gasteiger charge is 2.30. The first-order valence-corrected chi connectivity index (χ1v) is 12.4.